The zero-order valence-electron chi connectivity index (χ0n) is 15.6. The van der Waals surface area contributed by atoms with Gasteiger partial charge in [-0.25, -0.2) is 8.78 Å². The predicted molar refractivity (Wildman–Crippen MR) is 115 cm³/mol. The van der Waals surface area contributed by atoms with E-state index in [-0.39, 0.29) is 10.8 Å². The number of hydrogen-bond donors (Lipinski definition) is 2. The lowest BCUT2D eigenvalue weighted by Crippen LogP contribution is -2.02. The Hall–Kier alpha value is -3.69. The fourth-order valence-electron chi connectivity index (χ4n) is 3.08. The first-order valence-electron chi connectivity index (χ1n) is 9.07. The summed E-state index contributed by atoms with van der Waals surface area (Å²) in [6.07, 6.45) is 1.47. The van der Waals surface area contributed by atoms with Gasteiger partial charge >= 0.3 is 0 Å². The van der Waals surface area contributed by atoms with Crippen LogP contribution in [0.2, 0.25) is 5.02 Å². The molecule has 0 unspecified atom stereocenters. The number of nitriles is 1. The van der Waals surface area contributed by atoms with Crippen LogP contribution in [0.25, 0.3) is 10.9 Å². The van der Waals surface area contributed by atoms with Crippen LogP contribution in [0.15, 0.2) is 66.9 Å². The molecule has 2 N–H and O–H groups in total. The highest BCUT2D eigenvalue weighted by atomic mass is 35.5. The van der Waals surface area contributed by atoms with Gasteiger partial charge in [0, 0.05) is 35.1 Å². The van der Waals surface area contributed by atoms with Gasteiger partial charge in [0.1, 0.15) is 17.7 Å². The molecule has 0 spiro atoms. The third kappa shape index (κ3) is 4.02. The summed E-state index contributed by atoms with van der Waals surface area (Å²) in [7, 11) is 0. The van der Waals surface area contributed by atoms with E-state index < -0.39 is 5.82 Å². The fourth-order valence-corrected chi connectivity index (χ4v) is 3.26. The first kappa shape index (κ1) is 19.6. The predicted octanol–water partition coefficient (Wildman–Crippen LogP) is 6.39. The molecule has 30 heavy (non-hydrogen) atoms. The van der Waals surface area contributed by atoms with Gasteiger partial charge in [-0.2, -0.15) is 5.26 Å². The number of fused-ring (bicyclic) bond motifs is 1. The number of nitrogens with one attached hydrogen (secondary N) is 2. The van der Waals surface area contributed by atoms with Crippen LogP contribution < -0.4 is 10.6 Å². The zero-order valence-corrected chi connectivity index (χ0v) is 16.3. The minimum atomic E-state index is -0.526. The summed E-state index contributed by atoms with van der Waals surface area (Å²) < 4.78 is 27.4. The Morgan fingerprint density at radius 2 is 1.77 bits per heavy atom. The topological polar surface area (TPSA) is 60.7 Å². The van der Waals surface area contributed by atoms with Gasteiger partial charge in [0.15, 0.2) is 0 Å². The van der Waals surface area contributed by atoms with Gasteiger partial charge in [-0.15, -0.1) is 0 Å². The van der Waals surface area contributed by atoms with Crippen molar-refractivity contribution in [3.05, 3.63) is 94.6 Å². The maximum Gasteiger partial charge on any atom is 0.141 e. The van der Waals surface area contributed by atoms with E-state index in [9.17, 15) is 14.0 Å². The number of aromatic nitrogens is 1. The van der Waals surface area contributed by atoms with E-state index in [1.165, 1.54) is 30.5 Å². The van der Waals surface area contributed by atoms with Crippen LogP contribution in [-0.2, 0) is 6.54 Å². The Bertz CT molecular complexity index is 1280. The summed E-state index contributed by atoms with van der Waals surface area (Å²) >= 11 is 5.88. The van der Waals surface area contributed by atoms with Crippen molar-refractivity contribution < 1.29 is 8.78 Å². The molecule has 0 radical (unpaired) electrons. The van der Waals surface area contributed by atoms with E-state index in [1.807, 2.05) is 18.2 Å². The molecule has 0 aliphatic carbocycles. The molecule has 0 saturated carbocycles. The third-order valence-electron chi connectivity index (χ3n) is 4.62. The number of hydrogen-bond acceptors (Lipinski definition) is 4. The lowest BCUT2D eigenvalue weighted by Gasteiger charge is -2.14. The van der Waals surface area contributed by atoms with Crippen molar-refractivity contribution in [2.75, 3.05) is 10.6 Å². The van der Waals surface area contributed by atoms with Crippen molar-refractivity contribution >= 4 is 39.6 Å². The SMILES string of the molecule is N#Cc1cnc2ccc(NCc3ccccc3F)cc2c1Nc1ccc(F)c(Cl)c1. The van der Waals surface area contributed by atoms with Crippen LogP contribution >= 0.6 is 11.6 Å². The van der Waals surface area contributed by atoms with Gasteiger partial charge in [0.2, 0.25) is 0 Å². The van der Waals surface area contributed by atoms with Crippen molar-refractivity contribution in [2.45, 2.75) is 6.54 Å². The van der Waals surface area contributed by atoms with E-state index >= 15 is 0 Å². The molecule has 4 rings (SSSR count). The number of benzene rings is 3. The zero-order chi connectivity index (χ0) is 21.1. The summed E-state index contributed by atoms with van der Waals surface area (Å²) in [6, 6.07) is 18.4. The minimum Gasteiger partial charge on any atom is -0.381 e. The van der Waals surface area contributed by atoms with E-state index in [0.717, 1.165) is 5.69 Å². The van der Waals surface area contributed by atoms with Crippen LogP contribution in [0.3, 0.4) is 0 Å². The first-order valence-corrected chi connectivity index (χ1v) is 9.45. The molecule has 0 amide bonds. The smallest absolute Gasteiger partial charge is 0.141 e. The van der Waals surface area contributed by atoms with E-state index in [1.54, 1.807) is 18.2 Å². The number of rotatable bonds is 5. The molecule has 0 saturated heterocycles. The second-order valence-corrected chi connectivity index (χ2v) is 7.00. The molecular formula is C23H15ClF2N4. The van der Waals surface area contributed by atoms with E-state index in [0.29, 0.717) is 39.9 Å². The largest absolute Gasteiger partial charge is 0.381 e. The molecule has 0 fully saturated rings. The van der Waals surface area contributed by atoms with E-state index in [2.05, 4.69) is 21.7 Å². The van der Waals surface area contributed by atoms with Crippen LogP contribution in [0.1, 0.15) is 11.1 Å². The standard InChI is InChI=1S/C23H15ClF2N4/c24-19-10-17(5-7-21(19)26)30-23-15(11-27)13-29-22-8-6-16(9-18(22)23)28-12-14-3-1-2-4-20(14)25/h1-10,13,28H,12H2,(H,29,30). The second-order valence-electron chi connectivity index (χ2n) is 6.59. The van der Waals surface area contributed by atoms with Crippen LogP contribution in [0.5, 0.6) is 0 Å². The van der Waals surface area contributed by atoms with Crippen molar-refractivity contribution in [1.82, 2.24) is 4.98 Å². The minimum absolute atomic E-state index is 0.0240. The molecule has 0 aliphatic rings. The van der Waals surface area contributed by atoms with Gasteiger partial charge in [-0.3, -0.25) is 4.98 Å². The Labute approximate surface area is 176 Å². The second kappa shape index (κ2) is 8.36. The van der Waals surface area contributed by atoms with Crippen molar-refractivity contribution in [1.29, 1.82) is 5.26 Å². The molecule has 0 aliphatic heterocycles. The van der Waals surface area contributed by atoms with Crippen molar-refractivity contribution in [2.24, 2.45) is 0 Å². The summed E-state index contributed by atoms with van der Waals surface area (Å²) in [5, 5.41) is 16.5. The van der Waals surface area contributed by atoms with Gasteiger partial charge in [0.25, 0.3) is 0 Å². The molecule has 0 atom stereocenters. The monoisotopic (exact) mass is 420 g/mol. The van der Waals surface area contributed by atoms with Gasteiger partial charge in [0.05, 0.1) is 21.8 Å². The highest BCUT2D eigenvalue weighted by Crippen LogP contribution is 2.32. The number of pyridine rings is 1. The first-order chi connectivity index (χ1) is 14.5. The fraction of sp³-hybridized carbons (Fsp3) is 0.0435. The summed E-state index contributed by atoms with van der Waals surface area (Å²) in [5.74, 6) is -0.809. The van der Waals surface area contributed by atoms with Crippen molar-refractivity contribution in [3.8, 4) is 6.07 Å². The average Bonchev–Trinajstić information content (AvgIpc) is 2.76. The van der Waals surface area contributed by atoms with Crippen LogP contribution in [0.4, 0.5) is 25.8 Å². The molecule has 1 aromatic heterocycles. The normalized spacial score (nSPS) is 10.6. The summed E-state index contributed by atoms with van der Waals surface area (Å²) in [6.45, 7) is 0.305. The number of anilines is 3. The molecule has 0 bridgehead atoms. The molecule has 1 heterocycles. The number of nitrogens with zero attached hydrogens (tertiary/aromatic N) is 2. The Balaban J connectivity index is 1.71. The average molecular weight is 421 g/mol. The molecule has 7 heteroatoms. The van der Waals surface area contributed by atoms with Crippen molar-refractivity contribution in [3.63, 3.8) is 0 Å². The Kier molecular flexibility index (Phi) is 5.46. The van der Waals surface area contributed by atoms with Crippen LogP contribution in [-0.4, -0.2) is 4.98 Å². The maximum atomic E-state index is 13.9. The van der Waals surface area contributed by atoms with Gasteiger partial charge in [-0.05, 0) is 42.5 Å². The quantitative estimate of drug-likeness (QED) is 0.392. The highest BCUT2D eigenvalue weighted by molar-refractivity contribution is 6.31. The maximum absolute atomic E-state index is 13.9. The molecule has 3 aromatic carbocycles. The lowest BCUT2D eigenvalue weighted by molar-refractivity contribution is 0.613. The highest BCUT2D eigenvalue weighted by Gasteiger charge is 2.12. The van der Waals surface area contributed by atoms with Gasteiger partial charge < -0.3 is 10.6 Å². The molecule has 148 valence electrons. The molecule has 4 nitrogen and oxygen atoms in total. The lowest BCUT2D eigenvalue weighted by atomic mass is 10.1. The third-order valence-corrected chi connectivity index (χ3v) is 4.91. The van der Waals surface area contributed by atoms with Gasteiger partial charge in [-0.1, -0.05) is 29.8 Å². The Morgan fingerprint density at radius 3 is 2.53 bits per heavy atom. The Morgan fingerprint density at radius 1 is 0.967 bits per heavy atom. The van der Waals surface area contributed by atoms with E-state index in [4.69, 9.17) is 11.6 Å². The summed E-state index contributed by atoms with van der Waals surface area (Å²) in [5.41, 5.74) is 3.34. The summed E-state index contributed by atoms with van der Waals surface area (Å²) in [4.78, 5) is 4.32. The number of halogens is 3. The molecule has 4 aromatic rings. The molecular weight excluding hydrogens is 406 g/mol. The van der Waals surface area contributed by atoms with Crippen LogP contribution in [0, 0.1) is 23.0 Å².